The first-order valence-corrected chi connectivity index (χ1v) is 7.50. The average Bonchev–Trinajstić information content (AvgIpc) is 2.50. The van der Waals surface area contributed by atoms with Gasteiger partial charge in [-0.15, -0.1) is 0 Å². The Morgan fingerprint density at radius 1 is 1.29 bits per heavy atom. The number of amides is 1. The second kappa shape index (κ2) is 7.43. The first-order valence-electron chi connectivity index (χ1n) is 7.50. The highest BCUT2D eigenvalue weighted by Gasteiger charge is 2.16. The normalized spacial score (nSPS) is 16.0. The van der Waals surface area contributed by atoms with Crippen molar-refractivity contribution in [3.63, 3.8) is 0 Å². The molecule has 116 valence electrons. The lowest BCUT2D eigenvalue weighted by atomic mass is 10.1. The summed E-state index contributed by atoms with van der Waals surface area (Å²) in [5.74, 6) is -0.120. The van der Waals surface area contributed by atoms with Crippen LogP contribution in [0, 0.1) is 6.92 Å². The number of benzene rings is 1. The molecule has 1 aliphatic rings. The number of carbonyl (C=O) groups is 1. The molecule has 1 saturated heterocycles. The average molecular weight is 291 g/mol. The molecule has 1 aromatic carbocycles. The predicted molar refractivity (Wildman–Crippen MR) is 86.0 cm³/mol. The van der Waals surface area contributed by atoms with Crippen LogP contribution in [0.2, 0.25) is 0 Å². The molecule has 1 N–H and O–H groups in total. The van der Waals surface area contributed by atoms with Crippen molar-refractivity contribution in [2.75, 3.05) is 56.7 Å². The van der Waals surface area contributed by atoms with E-state index < -0.39 is 0 Å². The Labute approximate surface area is 126 Å². The number of hydrogen-bond acceptors (Lipinski definition) is 4. The molecule has 1 aromatic rings. The molecule has 0 bridgehead atoms. The van der Waals surface area contributed by atoms with Gasteiger partial charge in [-0.2, -0.15) is 0 Å². The first-order chi connectivity index (χ1) is 10.1. The van der Waals surface area contributed by atoms with E-state index in [1.54, 1.807) is 0 Å². The van der Waals surface area contributed by atoms with Gasteiger partial charge in [0.1, 0.15) is 6.61 Å². The maximum atomic E-state index is 11.6. The van der Waals surface area contributed by atoms with Crippen molar-refractivity contribution in [2.45, 2.75) is 13.8 Å². The molecule has 5 heteroatoms. The van der Waals surface area contributed by atoms with E-state index in [1.807, 2.05) is 13.0 Å². The number of rotatable bonds is 5. The zero-order valence-corrected chi connectivity index (χ0v) is 13.2. The summed E-state index contributed by atoms with van der Waals surface area (Å²) in [5, 5.41) is 2.87. The topological polar surface area (TPSA) is 44.8 Å². The van der Waals surface area contributed by atoms with Crippen LogP contribution in [0.3, 0.4) is 0 Å². The van der Waals surface area contributed by atoms with E-state index in [0.717, 1.165) is 44.0 Å². The van der Waals surface area contributed by atoms with E-state index in [9.17, 15) is 4.79 Å². The van der Waals surface area contributed by atoms with E-state index in [2.05, 4.69) is 34.2 Å². The van der Waals surface area contributed by atoms with Gasteiger partial charge >= 0.3 is 0 Å². The van der Waals surface area contributed by atoms with Crippen molar-refractivity contribution in [1.29, 1.82) is 0 Å². The predicted octanol–water partition coefficient (Wildman–Crippen LogP) is 1.72. The third kappa shape index (κ3) is 4.19. The smallest absolute Gasteiger partial charge is 0.250 e. The van der Waals surface area contributed by atoms with Crippen LogP contribution >= 0.6 is 0 Å². The summed E-state index contributed by atoms with van der Waals surface area (Å²) < 4.78 is 4.83. The van der Waals surface area contributed by atoms with E-state index in [0.29, 0.717) is 0 Å². The highest BCUT2D eigenvalue weighted by molar-refractivity contribution is 5.92. The highest BCUT2D eigenvalue weighted by atomic mass is 16.5. The number of hydrogen-bond donors (Lipinski definition) is 1. The molecule has 0 spiro atoms. The highest BCUT2D eigenvalue weighted by Crippen LogP contribution is 2.23. The molecule has 1 fully saturated rings. The largest absolute Gasteiger partial charge is 0.375 e. The fourth-order valence-corrected chi connectivity index (χ4v) is 2.62. The standard InChI is InChI=1S/C16H25N3O2/c1-4-18-7-9-19(10-8-18)14-5-6-15(13(2)11-14)17-16(20)12-21-3/h5-6,11H,4,7-10,12H2,1-3H3,(H,17,20). The van der Waals surface area contributed by atoms with E-state index in [1.165, 1.54) is 12.8 Å². The minimum atomic E-state index is -0.120. The van der Waals surface area contributed by atoms with Crippen LogP contribution in [0.4, 0.5) is 11.4 Å². The molecule has 2 rings (SSSR count). The molecule has 0 saturated carbocycles. The maximum Gasteiger partial charge on any atom is 0.250 e. The monoisotopic (exact) mass is 291 g/mol. The molecule has 0 radical (unpaired) electrons. The zero-order valence-electron chi connectivity index (χ0n) is 13.2. The van der Waals surface area contributed by atoms with Crippen LogP contribution in [0.1, 0.15) is 12.5 Å². The van der Waals surface area contributed by atoms with Gasteiger partial charge in [-0.05, 0) is 37.2 Å². The number of piperazine rings is 1. The molecule has 0 unspecified atom stereocenters. The van der Waals surface area contributed by atoms with Gasteiger partial charge in [-0.25, -0.2) is 0 Å². The van der Waals surface area contributed by atoms with Crippen LogP contribution < -0.4 is 10.2 Å². The second-order valence-electron chi connectivity index (χ2n) is 5.40. The van der Waals surface area contributed by atoms with Crippen molar-refractivity contribution in [1.82, 2.24) is 4.90 Å². The van der Waals surface area contributed by atoms with Gasteiger partial charge in [0, 0.05) is 44.7 Å². The SMILES string of the molecule is CCN1CCN(c2ccc(NC(=O)COC)c(C)c2)CC1. The first kappa shape index (κ1) is 15.8. The Bertz CT molecular complexity index is 482. The molecule has 21 heavy (non-hydrogen) atoms. The Balaban J connectivity index is 2.00. The minimum absolute atomic E-state index is 0.0835. The van der Waals surface area contributed by atoms with Crippen LogP contribution in [-0.4, -0.2) is 57.2 Å². The number of carbonyl (C=O) groups excluding carboxylic acids is 1. The number of aryl methyl sites for hydroxylation is 1. The molecule has 0 aliphatic carbocycles. The van der Waals surface area contributed by atoms with Crippen LogP contribution in [-0.2, 0) is 9.53 Å². The van der Waals surface area contributed by atoms with Gasteiger partial charge in [-0.1, -0.05) is 6.92 Å². The van der Waals surface area contributed by atoms with Gasteiger partial charge in [0.05, 0.1) is 0 Å². The van der Waals surface area contributed by atoms with Gasteiger partial charge < -0.3 is 19.9 Å². The lowest BCUT2D eigenvalue weighted by Gasteiger charge is -2.35. The van der Waals surface area contributed by atoms with Crippen molar-refractivity contribution in [2.24, 2.45) is 0 Å². The number of nitrogens with one attached hydrogen (secondary N) is 1. The Morgan fingerprint density at radius 3 is 2.57 bits per heavy atom. The van der Waals surface area contributed by atoms with E-state index in [4.69, 9.17) is 4.74 Å². The summed E-state index contributed by atoms with van der Waals surface area (Å²) in [6.07, 6.45) is 0. The summed E-state index contributed by atoms with van der Waals surface area (Å²) >= 11 is 0. The summed E-state index contributed by atoms with van der Waals surface area (Å²) in [6.45, 7) is 9.78. The molecule has 1 aliphatic heterocycles. The number of ether oxygens (including phenoxy) is 1. The van der Waals surface area contributed by atoms with Gasteiger partial charge in [0.2, 0.25) is 5.91 Å². The fraction of sp³-hybridized carbons (Fsp3) is 0.562. The van der Waals surface area contributed by atoms with Crippen molar-refractivity contribution >= 4 is 17.3 Å². The second-order valence-corrected chi connectivity index (χ2v) is 5.40. The number of methoxy groups -OCH3 is 1. The van der Waals surface area contributed by atoms with Crippen LogP contribution in [0.25, 0.3) is 0 Å². The van der Waals surface area contributed by atoms with E-state index >= 15 is 0 Å². The van der Waals surface area contributed by atoms with Gasteiger partial charge in [0.15, 0.2) is 0 Å². The number of anilines is 2. The summed E-state index contributed by atoms with van der Waals surface area (Å²) in [5.41, 5.74) is 3.16. The fourth-order valence-electron chi connectivity index (χ4n) is 2.62. The lowest BCUT2D eigenvalue weighted by Crippen LogP contribution is -2.46. The molecule has 5 nitrogen and oxygen atoms in total. The Morgan fingerprint density at radius 2 is 2.00 bits per heavy atom. The minimum Gasteiger partial charge on any atom is -0.375 e. The van der Waals surface area contributed by atoms with Crippen molar-refractivity contribution in [3.8, 4) is 0 Å². The summed E-state index contributed by atoms with van der Waals surface area (Å²) in [4.78, 5) is 16.4. The summed E-state index contributed by atoms with van der Waals surface area (Å²) in [6, 6.07) is 6.20. The maximum absolute atomic E-state index is 11.6. The Kier molecular flexibility index (Phi) is 5.59. The number of nitrogens with zero attached hydrogens (tertiary/aromatic N) is 2. The Hall–Kier alpha value is -1.59. The van der Waals surface area contributed by atoms with E-state index in [-0.39, 0.29) is 12.5 Å². The third-order valence-electron chi connectivity index (χ3n) is 3.94. The third-order valence-corrected chi connectivity index (χ3v) is 3.94. The van der Waals surface area contributed by atoms with Crippen LogP contribution in [0.15, 0.2) is 18.2 Å². The lowest BCUT2D eigenvalue weighted by molar-refractivity contribution is -0.119. The molecular weight excluding hydrogens is 266 g/mol. The van der Waals surface area contributed by atoms with Crippen molar-refractivity contribution in [3.05, 3.63) is 23.8 Å². The number of likely N-dealkylation sites (N-methyl/N-ethyl adjacent to an activating group) is 1. The van der Waals surface area contributed by atoms with Gasteiger partial charge in [-0.3, -0.25) is 4.79 Å². The molecular formula is C16H25N3O2. The van der Waals surface area contributed by atoms with Crippen molar-refractivity contribution < 1.29 is 9.53 Å². The molecule has 0 aromatic heterocycles. The van der Waals surface area contributed by atoms with Gasteiger partial charge in [0.25, 0.3) is 0 Å². The molecule has 1 heterocycles. The summed E-state index contributed by atoms with van der Waals surface area (Å²) in [7, 11) is 1.52. The van der Waals surface area contributed by atoms with Crippen LogP contribution in [0.5, 0.6) is 0 Å². The molecule has 0 atom stereocenters. The molecule has 1 amide bonds. The zero-order chi connectivity index (χ0) is 15.2. The quantitative estimate of drug-likeness (QED) is 0.897.